The average Bonchev–Trinajstić information content (AvgIpc) is 2.58. The molecule has 0 aliphatic carbocycles. The van der Waals surface area contributed by atoms with E-state index in [1.165, 1.54) is 0 Å². The first-order valence-electron chi connectivity index (χ1n) is 7.15. The number of hydrogen-bond donors (Lipinski definition) is 0. The minimum absolute atomic E-state index is 0.173. The Hall–Kier alpha value is -2.46. The highest BCUT2D eigenvalue weighted by Gasteiger charge is 2.16. The summed E-state index contributed by atoms with van der Waals surface area (Å²) in [4.78, 5) is 23.3. The van der Waals surface area contributed by atoms with Gasteiger partial charge in [-0.15, -0.1) is 0 Å². The van der Waals surface area contributed by atoms with E-state index in [1.54, 1.807) is 30.3 Å². The van der Waals surface area contributed by atoms with Crippen LogP contribution in [-0.2, 0) is 20.9 Å². The zero-order valence-corrected chi connectivity index (χ0v) is 12.2. The monoisotopic (exact) mass is 298 g/mol. The molecule has 0 bridgehead atoms. The number of rotatable bonds is 8. The number of benzene rings is 2. The molecule has 0 atom stereocenters. The highest BCUT2D eigenvalue weighted by molar-refractivity contribution is 6.40. The lowest BCUT2D eigenvalue weighted by atomic mass is 10.1. The van der Waals surface area contributed by atoms with Crippen molar-refractivity contribution in [3.05, 3.63) is 71.8 Å². The van der Waals surface area contributed by atoms with Crippen LogP contribution in [0.1, 0.15) is 22.3 Å². The summed E-state index contributed by atoms with van der Waals surface area (Å²) in [6.45, 7) is 1.17. The van der Waals surface area contributed by atoms with Crippen molar-refractivity contribution in [2.24, 2.45) is 0 Å². The molecule has 0 heterocycles. The SMILES string of the molecule is O=C(OCCCOCc1ccccc1)C(=O)c1ccccc1. The van der Waals surface area contributed by atoms with E-state index in [2.05, 4.69) is 0 Å². The first-order chi connectivity index (χ1) is 10.8. The van der Waals surface area contributed by atoms with Crippen LogP contribution in [0.15, 0.2) is 60.7 Å². The molecule has 0 N–H and O–H groups in total. The van der Waals surface area contributed by atoms with Crippen LogP contribution in [0.4, 0.5) is 0 Å². The number of esters is 1. The summed E-state index contributed by atoms with van der Waals surface area (Å²) in [6.07, 6.45) is 0.556. The smallest absolute Gasteiger partial charge is 0.379 e. The normalized spacial score (nSPS) is 10.2. The summed E-state index contributed by atoms with van der Waals surface area (Å²) in [7, 11) is 0. The Balaban J connectivity index is 1.60. The topological polar surface area (TPSA) is 52.6 Å². The van der Waals surface area contributed by atoms with Crippen molar-refractivity contribution >= 4 is 11.8 Å². The molecule has 0 aromatic heterocycles. The van der Waals surface area contributed by atoms with Crippen LogP contribution in [0.2, 0.25) is 0 Å². The molecule has 0 spiro atoms. The van der Waals surface area contributed by atoms with Crippen molar-refractivity contribution in [1.82, 2.24) is 0 Å². The molecule has 0 saturated heterocycles. The first-order valence-corrected chi connectivity index (χ1v) is 7.15. The standard InChI is InChI=1S/C18H18O4/c19-17(16-10-5-2-6-11-16)18(20)22-13-7-12-21-14-15-8-3-1-4-9-15/h1-6,8-11H,7,12-14H2. The van der Waals surface area contributed by atoms with Crippen molar-refractivity contribution in [1.29, 1.82) is 0 Å². The van der Waals surface area contributed by atoms with Crippen LogP contribution >= 0.6 is 0 Å². The quantitative estimate of drug-likeness (QED) is 0.325. The molecule has 0 saturated carbocycles. The number of carbonyl (C=O) groups excluding carboxylic acids is 2. The molecule has 0 amide bonds. The van der Waals surface area contributed by atoms with Crippen molar-refractivity contribution < 1.29 is 19.1 Å². The fourth-order valence-electron chi connectivity index (χ4n) is 1.86. The van der Waals surface area contributed by atoms with E-state index in [-0.39, 0.29) is 6.61 Å². The summed E-state index contributed by atoms with van der Waals surface area (Å²) in [5, 5.41) is 0. The van der Waals surface area contributed by atoms with Crippen LogP contribution in [0.5, 0.6) is 0 Å². The van der Waals surface area contributed by atoms with Crippen LogP contribution in [0.3, 0.4) is 0 Å². The number of hydrogen-bond acceptors (Lipinski definition) is 4. The van der Waals surface area contributed by atoms with Gasteiger partial charge in [0.2, 0.25) is 0 Å². The molecule has 0 aliphatic heterocycles. The summed E-state index contributed by atoms with van der Waals surface area (Å²) < 4.78 is 10.4. The maximum atomic E-state index is 11.7. The van der Waals surface area contributed by atoms with Gasteiger partial charge in [-0.2, -0.15) is 0 Å². The Morgan fingerprint density at radius 3 is 2.14 bits per heavy atom. The van der Waals surface area contributed by atoms with Gasteiger partial charge in [-0.3, -0.25) is 4.79 Å². The Labute approximate surface area is 129 Å². The van der Waals surface area contributed by atoms with Gasteiger partial charge < -0.3 is 9.47 Å². The summed E-state index contributed by atoms with van der Waals surface area (Å²) in [6, 6.07) is 18.2. The van der Waals surface area contributed by atoms with E-state index in [0.29, 0.717) is 25.2 Å². The molecule has 114 valence electrons. The van der Waals surface area contributed by atoms with Crippen molar-refractivity contribution in [2.45, 2.75) is 13.0 Å². The van der Waals surface area contributed by atoms with Gasteiger partial charge in [-0.1, -0.05) is 60.7 Å². The van der Waals surface area contributed by atoms with E-state index in [1.807, 2.05) is 30.3 Å². The van der Waals surface area contributed by atoms with Crippen LogP contribution in [-0.4, -0.2) is 25.0 Å². The van der Waals surface area contributed by atoms with E-state index in [0.717, 1.165) is 5.56 Å². The Morgan fingerprint density at radius 1 is 0.818 bits per heavy atom. The fraction of sp³-hybridized carbons (Fsp3) is 0.222. The number of ether oxygens (including phenoxy) is 2. The van der Waals surface area contributed by atoms with E-state index in [4.69, 9.17) is 9.47 Å². The predicted molar refractivity (Wildman–Crippen MR) is 82.4 cm³/mol. The maximum Gasteiger partial charge on any atom is 0.379 e. The van der Waals surface area contributed by atoms with Gasteiger partial charge in [0.1, 0.15) is 0 Å². The second-order valence-corrected chi connectivity index (χ2v) is 4.72. The molecule has 22 heavy (non-hydrogen) atoms. The summed E-state index contributed by atoms with van der Waals surface area (Å²) in [5.41, 5.74) is 1.44. The summed E-state index contributed by atoms with van der Waals surface area (Å²) in [5.74, 6) is -1.44. The third-order valence-electron chi connectivity index (χ3n) is 3.00. The van der Waals surface area contributed by atoms with Crippen LogP contribution in [0.25, 0.3) is 0 Å². The highest BCUT2D eigenvalue weighted by atomic mass is 16.5. The van der Waals surface area contributed by atoms with Crippen molar-refractivity contribution in [2.75, 3.05) is 13.2 Å². The maximum absolute atomic E-state index is 11.7. The second-order valence-electron chi connectivity index (χ2n) is 4.72. The van der Waals surface area contributed by atoms with Gasteiger partial charge in [0.05, 0.1) is 19.8 Å². The lowest BCUT2D eigenvalue weighted by Gasteiger charge is -2.06. The zero-order chi connectivity index (χ0) is 15.6. The predicted octanol–water partition coefficient (Wildman–Crippen LogP) is 3.02. The molecule has 0 radical (unpaired) electrons. The van der Waals surface area contributed by atoms with Crippen LogP contribution < -0.4 is 0 Å². The van der Waals surface area contributed by atoms with Gasteiger partial charge in [-0.05, 0) is 5.56 Å². The van der Waals surface area contributed by atoms with E-state index < -0.39 is 11.8 Å². The average molecular weight is 298 g/mol. The third kappa shape index (κ3) is 5.14. The molecular weight excluding hydrogens is 280 g/mol. The molecule has 2 aromatic carbocycles. The van der Waals surface area contributed by atoms with Gasteiger partial charge >= 0.3 is 5.97 Å². The minimum Gasteiger partial charge on any atom is -0.460 e. The Kier molecular flexibility index (Phi) is 6.33. The number of carbonyl (C=O) groups is 2. The number of Topliss-reactive ketones (excluding diaryl/α,β-unsaturated/α-hetero) is 1. The van der Waals surface area contributed by atoms with Gasteiger partial charge in [0.15, 0.2) is 0 Å². The fourth-order valence-corrected chi connectivity index (χ4v) is 1.86. The van der Waals surface area contributed by atoms with E-state index in [9.17, 15) is 9.59 Å². The minimum atomic E-state index is -0.825. The lowest BCUT2D eigenvalue weighted by Crippen LogP contribution is -2.18. The molecule has 4 nitrogen and oxygen atoms in total. The largest absolute Gasteiger partial charge is 0.460 e. The molecule has 0 aliphatic rings. The van der Waals surface area contributed by atoms with Crippen molar-refractivity contribution in [3.8, 4) is 0 Å². The van der Waals surface area contributed by atoms with Crippen molar-refractivity contribution in [3.63, 3.8) is 0 Å². The number of ketones is 1. The van der Waals surface area contributed by atoms with E-state index >= 15 is 0 Å². The third-order valence-corrected chi connectivity index (χ3v) is 3.00. The molecule has 2 rings (SSSR count). The molecule has 0 unspecified atom stereocenters. The van der Waals surface area contributed by atoms with Gasteiger partial charge in [0, 0.05) is 12.0 Å². The van der Waals surface area contributed by atoms with Gasteiger partial charge in [-0.25, -0.2) is 4.79 Å². The van der Waals surface area contributed by atoms with Crippen LogP contribution in [0, 0.1) is 0 Å². The molecule has 2 aromatic rings. The molecular formula is C18H18O4. The summed E-state index contributed by atoms with van der Waals surface area (Å²) >= 11 is 0. The molecule has 4 heteroatoms. The van der Waals surface area contributed by atoms with Gasteiger partial charge in [0.25, 0.3) is 5.78 Å². The zero-order valence-electron chi connectivity index (χ0n) is 12.2. The second kappa shape index (κ2) is 8.74. The lowest BCUT2D eigenvalue weighted by molar-refractivity contribution is -0.138. The highest BCUT2D eigenvalue weighted by Crippen LogP contribution is 2.03. The Morgan fingerprint density at radius 2 is 1.45 bits per heavy atom. The first kappa shape index (κ1) is 15.9. The Bertz CT molecular complexity index is 593. The molecule has 0 fully saturated rings.